The minimum absolute atomic E-state index is 0.671. The van der Waals surface area contributed by atoms with Gasteiger partial charge in [0.05, 0.1) is 14.2 Å². The van der Waals surface area contributed by atoms with Crippen molar-refractivity contribution in [1.29, 1.82) is 0 Å². The van der Waals surface area contributed by atoms with E-state index < -0.39 is 6.10 Å². The lowest BCUT2D eigenvalue weighted by Crippen LogP contribution is -2.05. The Morgan fingerprint density at radius 2 is 1.40 bits per heavy atom. The molecule has 0 spiro atoms. The van der Waals surface area contributed by atoms with Crippen LogP contribution in [0.15, 0.2) is 36.4 Å². The highest BCUT2D eigenvalue weighted by molar-refractivity contribution is 5.45. The van der Waals surface area contributed by atoms with E-state index in [1.54, 1.807) is 20.3 Å². The van der Waals surface area contributed by atoms with E-state index in [-0.39, 0.29) is 0 Å². The number of aliphatic hydroxyl groups excluding tert-OH is 1. The Kier molecular flexibility index (Phi) is 4.30. The fraction of sp³-hybridized carbons (Fsp3) is 0.294. The van der Waals surface area contributed by atoms with Crippen molar-refractivity contribution in [1.82, 2.24) is 0 Å². The summed E-state index contributed by atoms with van der Waals surface area (Å²) in [6, 6.07) is 11.5. The van der Waals surface area contributed by atoms with Crippen molar-refractivity contribution >= 4 is 0 Å². The van der Waals surface area contributed by atoms with Crippen molar-refractivity contribution in [3.05, 3.63) is 58.7 Å². The summed E-state index contributed by atoms with van der Waals surface area (Å²) in [6.07, 6.45) is -0.694. The van der Waals surface area contributed by atoms with Gasteiger partial charge in [0, 0.05) is 6.07 Å². The predicted octanol–water partition coefficient (Wildman–Crippen LogP) is 3.40. The fourth-order valence-corrected chi connectivity index (χ4v) is 2.41. The molecule has 0 aliphatic carbocycles. The molecule has 2 aromatic rings. The highest BCUT2D eigenvalue weighted by atomic mass is 16.5. The van der Waals surface area contributed by atoms with E-state index in [1.165, 1.54) is 0 Å². The average molecular weight is 272 g/mol. The first-order valence-corrected chi connectivity index (χ1v) is 6.54. The maximum absolute atomic E-state index is 10.7. The summed E-state index contributed by atoms with van der Waals surface area (Å²) in [5.41, 5.74) is 3.83. The largest absolute Gasteiger partial charge is 0.497 e. The molecule has 3 heteroatoms. The Hall–Kier alpha value is -2.00. The van der Waals surface area contributed by atoms with E-state index in [1.807, 2.05) is 44.2 Å². The molecule has 3 nitrogen and oxygen atoms in total. The summed E-state index contributed by atoms with van der Waals surface area (Å²) in [6.45, 7) is 4.01. The standard InChI is InChI=1S/C17H20O3/c1-11-6-5-7-12(2)16(11)17(18)13-8-14(19-3)10-15(9-13)20-4/h5-10,17-18H,1-4H3. The Labute approximate surface area is 119 Å². The van der Waals surface area contributed by atoms with Gasteiger partial charge < -0.3 is 14.6 Å². The molecule has 2 rings (SSSR count). The molecule has 1 atom stereocenters. The van der Waals surface area contributed by atoms with E-state index in [2.05, 4.69) is 0 Å². The Bertz CT molecular complexity index is 563. The minimum Gasteiger partial charge on any atom is -0.497 e. The van der Waals surface area contributed by atoms with Crippen LogP contribution in [0.25, 0.3) is 0 Å². The quantitative estimate of drug-likeness (QED) is 0.927. The van der Waals surface area contributed by atoms with Gasteiger partial charge in [-0.2, -0.15) is 0 Å². The molecule has 0 saturated heterocycles. The average Bonchev–Trinajstić information content (AvgIpc) is 2.46. The highest BCUT2D eigenvalue weighted by Gasteiger charge is 2.17. The fourth-order valence-electron chi connectivity index (χ4n) is 2.41. The summed E-state index contributed by atoms with van der Waals surface area (Å²) in [5, 5.41) is 10.7. The zero-order chi connectivity index (χ0) is 14.7. The van der Waals surface area contributed by atoms with Crippen LogP contribution in [0.3, 0.4) is 0 Å². The summed E-state index contributed by atoms with van der Waals surface area (Å²) in [5.74, 6) is 1.34. The van der Waals surface area contributed by atoms with Crippen LogP contribution in [0.1, 0.15) is 28.4 Å². The van der Waals surface area contributed by atoms with Gasteiger partial charge >= 0.3 is 0 Å². The zero-order valence-corrected chi connectivity index (χ0v) is 12.3. The molecular weight excluding hydrogens is 252 g/mol. The van der Waals surface area contributed by atoms with Crippen LogP contribution in [-0.4, -0.2) is 19.3 Å². The lowest BCUT2D eigenvalue weighted by molar-refractivity contribution is 0.217. The van der Waals surface area contributed by atoms with Gasteiger partial charge in [0.1, 0.15) is 17.6 Å². The number of rotatable bonds is 4. The van der Waals surface area contributed by atoms with Crippen LogP contribution in [0, 0.1) is 13.8 Å². The van der Waals surface area contributed by atoms with E-state index >= 15 is 0 Å². The number of hydrogen-bond donors (Lipinski definition) is 1. The van der Waals surface area contributed by atoms with E-state index in [9.17, 15) is 5.11 Å². The van der Waals surface area contributed by atoms with Crippen molar-refractivity contribution in [2.45, 2.75) is 20.0 Å². The maximum Gasteiger partial charge on any atom is 0.122 e. The molecule has 0 bridgehead atoms. The molecule has 0 aromatic heterocycles. The normalized spacial score (nSPS) is 12.1. The minimum atomic E-state index is -0.694. The number of aliphatic hydroxyl groups is 1. The van der Waals surface area contributed by atoms with Gasteiger partial charge in [-0.05, 0) is 48.2 Å². The topological polar surface area (TPSA) is 38.7 Å². The van der Waals surface area contributed by atoms with Crippen LogP contribution in [-0.2, 0) is 0 Å². The molecule has 0 heterocycles. The van der Waals surface area contributed by atoms with Gasteiger partial charge in [-0.3, -0.25) is 0 Å². The molecule has 0 fully saturated rings. The molecule has 106 valence electrons. The van der Waals surface area contributed by atoms with Gasteiger partial charge in [-0.1, -0.05) is 18.2 Å². The number of ether oxygens (including phenoxy) is 2. The van der Waals surface area contributed by atoms with Gasteiger partial charge in [0.15, 0.2) is 0 Å². The monoisotopic (exact) mass is 272 g/mol. The SMILES string of the molecule is COc1cc(OC)cc(C(O)c2c(C)cccc2C)c1. The second-order valence-electron chi connectivity index (χ2n) is 4.85. The number of benzene rings is 2. The van der Waals surface area contributed by atoms with Crippen LogP contribution in [0.4, 0.5) is 0 Å². The van der Waals surface area contributed by atoms with Crippen molar-refractivity contribution in [3.63, 3.8) is 0 Å². The molecule has 0 saturated carbocycles. The van der Waals surface area contributed by atoms with Crippen LogP contribution >= 0.6 is 0 Å². The maximum atomic E-state index is 10.7. The van der Waals surface area contributed by atoms with Crippen molar-refractivity contribution < 1.29 is 14.6 Å². The molecule has 1 unspecified atom stereocenters. The summed E-state index contributed by atoms with van der Waals surface area (Å²) in [4.78, 5) is 0. The first kappa shape index (κ1) is 14.4. The van der Waals surface area contributed by atoms with Crippen LogP contribution in [0.2, 0.25) is 0 Å². The molecule has 0 aliphatic rings. The summed E-state index contributed by atoms with van der Waals surface area (Å²) >= 11 is 0. The van der Waals surface area contributed by atoms with Crippen LogP contribution < -0.4 is 9.47 Å². The molecular formula is C17H20O3. The summed E-state index contributed by atoms with van der Waals surface area (Å²) in [7, 11) is 3.20. The van der Waals surface area contributed by atoms with Crippen molar-refractivity contribution in [3.8, 4) is 11.5 Å². The van der Waals surface area contributed by atoms with Gasteiger partial charge in [-0.15, -0.1) is 0 Å². The molecule has 0 aliphatic heterocycles. The third kappa shape index (κ3) is 2.78. The first-order valence-electron chi connectivity index (χ1n) is 6.54. The van der Waals surface area contributed by atoms with Crippen molar-refractivity contribution in [2.24, 2.45) is 0 Å². The molecule has 0 amide bonds. The first-order chi connectivity index (χ1) is 9.56. The smallest absolute Gasteiger partial charge is 0.122 e. The van der Waals surface area contributed by atoms with Crippen LogP contribution in [0.5, 0.6) is 11.5 Å². The predicted molar refractivity (Wildman–Crippen MR) is 79.5 cm³/mol. The Morgan fingerprint density at radius 1 is 0.900 bits per heavy atom. The molecule has 2 aromatic carbocycles. The second-order valence-corrected chi connectivity index (χ2v) is 4.85. The lowest BCUT2D eigenvalue weighted by atomic mass is 9.93. The van der Waals surface area contributed by atoms with E-state index in [0.29, 0.717) is 11.5 Å². The third-order valence-electron chi connectivity index (χ3n) is 3.51. The Morgan fingerprint density at radius 3 is 1.85 bits per heavy atom. The molecule has 20 heavy (non-hydrogen) atoms. The third-order valence-corrected chi connectivity index (χ3v) is 3.51. The number of methoxy groups -OCH3 is 2. The van der Waals surface area contributed by atoms with E-state index in [0.717, 1.165) is 22.3 Å². The highest BCUT2D eigenvalue weighted by Crippen LogP contribution is 2.32. The zero-order valence-electron chi connectivity index (χ0n) is 12.3. The number of aryl methyl sites for hydroxylation is 2. The second kappa shape index (κ2) is 5.97. The number of hydrogen-bond acceptors (Lipinski definition) is 3. The van der Waals surface area contributed by atoms with Gasteiger partial charge in [0.25, 0.3) is 0 Å². The van der Waals surface area contributed by atoms with Crippen molar-refractivity contribution in [2.75, 3.05) is 14.2 Å². The Balaban J connectivity index is 2.50. The van der Waals surface area contributed by atoms with E-state index in [4.69, 9.17) is 9.47 Å². The summed E-state index contributed by atoms with van der Waals surface area (Å²) < 4.78 is 10.5. The van der Waals surface area contributed by atoms with Gasteiger partial charge in [-0.25, -0.2) is 0 Å². The lowest BCUT2D eigenvalue weighted by Gasteiger charge is -2.18. The molecule has 0 radical (unpaired) electrons. The molecule has 1 N–H and O–H groups in total. The van der Waals surface area contributed by atoms with Gasteiger partial charge in [0.2, 0.25) is 0 Å².